The van der Waals surface area contributed by atoms with E-state index in [1.165, 1.54) is 68.9 Å². The Labute approximate surface area is 835 Å². The Balaban J connectivity index is 0.000000175. The van der Waals surface area contributed by atoms with Crippen molar-refractivity contribution in [3.8, 4) is 23.0 Å². The minimum absolute atomic E-state index is 0.204. The number of methoxy groups -OCH3 is 4. The molecule has 3 atom stereocenters. The second-order valence-corrected chi connectivity index (χ2v) is 37.6. The number of likely N-dealkylation sites (tertiary alicyclic amines) is 2. The van der Waals surface area contributed by atoms with Gasteiger partial charge in [-0.1, -0.05) is 129 Å². The van der Waals surface area contributed by atoms with Crippen molar-refractivity contribution in [3.63, 3.8) is 0 Å². The summed E-state index contributed by atoms with van der Waals surface area (Å²) in [4.78, 5) is 89.9. The summed E-state index contributed by atoms with van der Waals surface area (Å²) in [7, 11) is 6.43. The Kier molecular flexibility index (Phi) is 42.5. The number of aromatic amines is 2. The van der Waals surface area contributed by atoms with E-state index in [1.807, 2.05) is 78.9 Å². The molecule has 0 aliphatic carbocycles. The molecular formula is C105H126Br4F4N16O8. The van der Waals surface area contributed by atoms with E-state index in [0.29, 0.717) is 127 Å². The predicted octanol–water partition coefficient (Wildman–Crippen LogP) is 21.0. The second-order valence-electron chi connectivity index (χ2n) is 34.0. The van der Waals surface area contributed by atoms with Crippen LogP contribution in [-0.4, -0.2) is 198 Å². The van der Waals surface area contributed by atoms with E-state index in [-0.39, 0.29) is 35.2 Å². The van der Waals surface area contributed by atoms with Gasteiger partial charge < -0.3 is 53.8 Å². The van der Waals surface area contributed by atoms with Crippen LogP contribution in [0, 0.1) is 23.3 Å². The number of rotatable bonds is 39. The van der Waals surface area contributed by atoms with Crippen LogP contribution in [0.5, 0.6) is 23.0 Å². The predicted molar refractivity (Wildman–Crippen MR) is 549 cm³/mol. The Hall–Kier alpha value is -10.7. The van der Waals surface area contributed by atoms with Crippen molar-refractivity contribution in [2.45, 2.75) is 175 Å². The largest absolute Gasteiger partial charge is 0.496 e. The lowest BCUT2D eigenvalue weighted by molar-refractivity contribution is 0.0971. The molecule has 137 heavy (non-hydrogen) atoms. The highest BCUT2D eigenvalue weighted by Crippen LogP contribution is 2.33. The maximum absolute atomic E-state index is 14.8. The van der Waals surface area contributed by atoms with E-state index in [1.54, 1.807) is 89.5 Å². The third kappa shape index (κ3) is 31.9. The fraction of sp³-hybridized carbons (Fsp3) is 0.400. The molecule has 3 aliphatic rings. The number of halogens is 8. The van der Waals surface area contributed by atoms with Gasteiger partial charge in [0.1, 0.15) is 46.3 Å². The third-order valence-electron chi connectivity index (χ3n) is 25.2. The summed E-state index contributed by atoms with van der Waals surface area (Å²) in [5, 5.41) is 14.5. The van der Waals surface area contributed by atoms with Crippen molar-refractivity contribution in [2.75, 3.05) is 116 Å². The van der Waals surface area contributed by atoms with Crippen molar-refractivity contribution < 1.29 is 55.7 Å². The number of benzene rings is 8. The summed E-state index contributed by atoms with van der Waals surface area (Å²) in [6, 6.07) is 44.4. The molecule has 8 aromatic carbocycles. The quantitative estimate of drug-likeness (QED) is 0.0176. The van der Waals surface area contributed by atoms with Crippen molar-refractivity contribution in [1.82, 2.24) is 60.1 Å². The number of amides is 4. The van der Waals surface area contributed by atoms with Gasteiger partial charge in [0.15, 0.2) is 5.96 Å². The summed E-state index contributed by atoms with van der Waals surface area (Å²) in [5.41, 5.74) is 9.19. The van der Waals surface area contributed by atoms with E-state index >= 15 is 0 Å². The number of ether oxygens (including phenoxy) is 4. The average molecular weight is 2140 g/mol. The molecule has 32 heteroatoms. The van der Waals surface area contributed by atoms with Crippen LogP contribution in [0.4, 0.5) is 35.4 Å². The summed E-state index contributed by atoms with van der Waals surface area (Å²) >= 11 is 13.9. The highest BCUT2D eigenvalue weighted by Gasteiger charge is 2.28. The molecule has 0 bridgehead atoms. The topological polar surface area (TPSA) is 274 Å². The smallest absolute Gasteiger partial charge is 0.258 e. The summed E-state index contributed by atoms with van der Waals surface area (Å²) in [5.74, 6) is 1.17. The molecule has 3 unspecified atom stereocenters. The molecule has 6 heterocycles. The van der Waals surface area contributed by atoms with Crippen LogP contribution in [0.25, 0.3) is 0 Å². The average Bonchev–Trinajstić information content (AvgIpc) is 1.21. The molecule has 4 amide bonds. The van der Waals surface area contributed by atoms with Gasteiger partial charge in [0.05, 0.1) is 47.4 Å². The fourth-order valence-corrected chi connectivity index (χ4v) is 18.9. The molecule has 11 aromatic rings. The number of H-pyrrole nitrogens is 2. The minimum Gasteiger partial charge on any atom is -0.496 e. The molecule has 2 fully saturated rings. The van der Waals surface area contributed by atoms with Crippen LogP contribution in [0.3, 0.4) is 0 Å². The molecular weight excluding hydrogens is 2010 g/mol. The number of hydrogen-bond donors (Lipinski definition) is 7. The van der Waals surface area contributed by atoms with Crippen LogP contribution in [0.2, 0.25) is 0 Å². The zero-order valence-electron chi connectivity index (χ0n) is 79.7. The van der Waals surface area contributed by atoms with Crippen LogP contribution in [0.1, 0.15) is 190 Å². The zero-order valence-corrected chi connectivity index (χ0v) is 86.1. The van der Waals surface area contributed by atoms with E-state index in [9.17, 15) is 36.7 Å². The highest BCUT2D eigenvalue weighted by molar-refractivity contribution is 9.11. The lowest BCUT2D eigenvalue weighted by Gasteiger charge is -2.33. The van der Waals surface area contributed by atoms with E-state index in [2.05, 4.69) is 186 Å². The molecule has 3 aromatic heterocycles. The van der Waals surface area contributed by atoms with Crippen molar-refractivity contribution in [1.29, 1.82) is 0 Å². The number of piperidine rings is 2. The van der Waals surface area contributed by atoms with Crippen molar-refractivity contribution in [3.05, 3.63) is 295 Å². The number of guanidine groups is 1. The Morgan fingerprint density at radius 2 is 0.796 bits per heavy atom. The molecule has 730 valence electrons. The van der Waals surface area contributed by atoms with Crippen molar-refractivity contribution >= 4 is 111 Å². The van der Waals surface area contributed by atoms with Gasteiger partial charge in [-0.25, -0.2) is 37.5 Å². The number of hydrogen-bond acceptors (Lipinski definition) is 18. The molecule has 3 aliphatic heterocycles. The Bertz CT molecular complexity index is 5840. The summed E-state index contributed by atoms with van der Waals surface area (Å²) in [6.07, 6.45) is 19.7. The number of aliphatic imine (C=N–C) groups is 1. The SMILES string of the molecule is CCN(CC)CCc1ccnc(NC(=O)c2cccc(F)c2CCc2cc(Br)ccc2OC)n1.CCN(CC)CCc1cnc(NC(=O)c2cccc(F)c2CCc2cc(Br)ccc2OC)[nH]1.COc1ccc(Br)cc1CCc1c(F)cccc1C(=O)NC1=NCC(CCN2CCCCC2C)N1.COc1ccc(Br)cc1CCc1c(F)cccc1C(=O)Nc1ncc(CCN2CCCCC2C)[nH]1. The first kappa shape index (κ1) is 107. The van der Waals surface area contributed by atoms with Gasteiger partial charge in [-0.2, -0.15) is 0 Å². The number of aromatic nitrogens is 6. The first-order chi connectivity index (χ1) is 66.3. The maximum atomic E-state index is 14.8. The second kappa shape index (κ2) is 54.6. The number of carbonyl (C=O) groups excluding carboxylic acids is 4. The number of likely N-dealkylation sites (N-methyl/N-ethyl adjacent to an activating group) is 2. The number of imidazole rings is 2. The molecule has 2 saturated heterocycles. The molecule has 14 rings (SSSR count). The summed E-state index contributed by atoms with van der Waals surface area (Å²) in [6.45, 7) is 23.7. The van der Waals surface area contributed by atoms with Gasteiger partial charge >= 0.3 is 0 Å². The van der Waals surface area contributed by atoms with Gasteiger partial charge in [-0.3, -0.25) is 45.4 Å². The Morgan fingerprint density at radius 3 is 1.18 bits per heavy atom. The summed E-state index contributed by atoms with van der Waals surface area (Å²) < 4.78 is 84.4. The van der Waals surface area contributed by atoms with Gasteiger partial charge in [0.2, 0.25) is 17.8 Å². The number of anilines is 3. The normalized spacial score (nSPS) is 14.7. The number of nitrogens with one attached hydrogen (secondary N) is 7. The molecule has 7 N–H and O–H groups in total. The van der Waals surface area contributed by atoms with Crippen LogP contribution in [0.15, 0.2) is 193 Å². The first-order valence-corrected chi connectivity index (χ1v) is 50.2. The van der Waals surface area contributed by atoms with E-state index in [0.717, 1.165) is 171 Å². The number of carbonyl (C=O) groups is 4. The van der Waals surface area contributed by atoms with E-state index < -0.39 is 29.3 Å². The minimum atomic E-state index is -0.434. The fourth-order valence-electron chi connectivity index (χ4n) is 17.2. The molecule has 0 radical (unpaired) electrons. The Morgan fingerprint density at radius 1 is 0.431 bits per heavy atom. The van der Waals surface area contributed by atoms with Gasteiger partial charge in [-0.05, 0) is 286 Å². The lowest BCUT2D eigenvalue weighted by Crippen LogP contribution is -2.44. The number of aryl methyl sites for hydroxylation is 4. The molecule has 24 nitrogen and oxygen atoms in total. The van der Waals surface area contributed by atoms with Gasteiger partial charge in [0, 0.05) is 149 Å². The highest BCUT2D eigenvalue weighted by atomic mass is 79.9. The van der Waals surface area contributed by atoms with Crippen LogP contribution in [-0.2, 0) is 70.6 Å². The maximum Gasteiger partial charge on any atom is 0.258 e. The zero-order chi connectivity index (χ0) is 97.9. The van der Waals surface area contributed by atoms with Crippen molar-refractivity contribution in [2.24, 2.45) is 4.99 Å². The third-order valence-corrected chi connectivity index (χ3v) is 27.2. The van der Waals surface area contributed by atoms with Gasteiger partial charge in [-0.15, -0.1) is 0 Å². The molecule has 0 spiro atoms. The first-order valence-electron chi connectivity index (χ1n) is 47.1. The monoisotopic (exact) mass is 2130 g/mol. The van der Waals surface area contributed by atoms with E-state index in [4.69, 9.17) is 18.9 Å². The molecule has 0 saturated carbocycles. The van der Waals surface area contributed by atoms with Gasteiger partial charge in [0.25, 0.3) is 23.6 Å². The standard InChI is InChI=1S/C27H34BrFN4O2.C27H32BrFN4O2.C26H30BrFN4O2.C25H30BrFN4O2/c2*1-18-6-3-4-14-33(18)15-13-21-17-30-27(31-21)32-26(34)23-7-5-8-24(29)22(23)11-9-19-16-20(28)10-12-25(19)35-2;1-4-32(5-2)16-14-20-13-15-29-26(30-20)31-25(33)22-7-6-8-23(28)21(22)11-9-18-17-19(27)10-12-24(18)34-3;1-4-31(5-2)14-13-19-16-28-25(29-19)30-24(32)21-7-6-8-22(27)20(21)11-9-17-15-18(26)10-12-23(17)33-3/h5,7-8,10,12,16,18,21H,3-4,6,9,11,13-15,17H2,1-2H3,(H2,30,31,32,34);5,7-8,10,12,16-18H,3-4,6,9,11,13-15H2,1-2H3,(H2,30,31,32,34);6-8,10,12-13,15,17H,4-5,9,11,14,16H2,1-3H3,(H,29,30,31,33);6-8,10,12,15-16H,4-5,9,11,13-14H2,1-3H3,(H2,28,29,30,32). The number of nitrogens with zero attached hydrogens (tertiary/aromatic N) is 9. The lowest BCUT2D eigenvalue weighted by atomic mass is 9.98. The van der Waals surface area contributed by atoms with Crippen LogP contribution < -0.4 is 45.5 Å². The van der Waals surface area contributed by atoms with Crippen LogP contribution >= 0.6 is 63.7 Å².